The summed E-state index contributed by atoms with van der Waals surface area (Å²) in [5.41, 5.74) is -0.107. The molecule has 1 aromatic heterocycles. The topological polar surface area (TPSA) is 48.3 Å². The zero-order chi connectivity index (χ0) is 11.7. The van der Waals surface area contributed by atoms with Crippen molar-refractivity contribution in [2.75, 3.05) is 7.11 Å². The van der Waals surface area contributed by atoms with E-state index in [1.165, 1.54) is 7.11 Å². The molecule has 0 amide bonds. The van der Waals surface area contributed by atoms with Gasteiger partial charge in [-0.05, 0) is 17.5 Å². The van der Waals surface area contributed by atoms with E-state index >= 15 is 0 Å². The van der Waals surface area contributed by atoms with Crippen molar-refractivity contribution in [3.8, 4) is 0 Å². The van der Waals surface area contributed by atoms with Gasteiger partial charge in [-0.3, -0.25) is 4.79 Å². The number of carbonyl (C=O) groups excluding carboxylic acids is 1. The molecule has 5 heteroatoms. The summed E-state index contributed by atoms with van der Waals surface area (Å²) >= 11 is 3.05. The first-order chi connectivity index (χ1) is 7.65. The third-order valence-corrected chi connectivity index (χ3v) is 2.97. The van der Waals surface area contributed by atoms with E-state index in [1.807, 2.05) is 0 Å². The fourth-order valence-corrected chi connectivity index (χ4v) is 1.92. The molecule has 0 radical (unpaired) electrons. The Kier molecular flexibility index (Phi) is 2.78. The van der Waals surface area contributed by atoms with Gasteiger partial charge in [-0.1, -0.05) is 18.2 Å². The van der Waals surface area contributed by atoms with Crippen molar-refractivity contribution in [1.82, 2.24) is 3.59 Å². The van der Waals surface area contributed by atoms with Crippen LogP contribution in [-0.2, 0) is 4.74 Å². The van der Waals surface area contributed by atoms with Gasteiger partial charge in [-0.15, -0.1) is 0 Å². The van der Waals surface area contributed by atoms with Crippen molar-refractivity contribution in [1.29, 1.82) is 0 Å². The molecule has 1 aromatic carbocycles. The quantitative estimate of drug-likeness (QED) is 0.751. The van der Waals surface area contributed by atoms with Crippen LogP contribution in [-0.4, -0.2) is 16.7 Å². The van der Waals surface area contributed by atoms with Crippen LogP contribution < -0.4 is 5.56 Å². The summed E-state index contributed by atoms with van der Waals surface area (Å²) in [4.78, 5) is 23.3. The highest BCUT2D eigenvalue weighted by atomic mass is 79.9. The van der Waals surface area contributed by atoms with Crippen molar-refractivity contribution in [2.24, 2.45) is 0 Å². The first-order valence-electron chi connectivity index (χ1n) is 4.54. The second-order valence-corrected chi connectivity index (χ2v) is 3.90. The van der Waals surface area contributed by atoms with Crippen LogP contribution in [0.3, 0.4) is 0 Å². The van der Waals surface area contributed by atoms with Crippen molar-refractivity contribution in [3.63, 3.8) is 0 Å². The molecule has 0 saturated carbocycles. The van der Waals surface area contributed by atoms with Crippen molar-refractivity contribution < 1.29 is 9.53 Å². The van der Waals surface area contributed by atoms with Gasteiger partial charge in [0.2, 0.25) is 0 Å². The molecule has 0 atom stereocenters. The number of halogens is 1. The number of nitrogens with zero attached hydrogens (tertiary/aromatic N) is 1. The van der Waals surface area contributed by atoms with Gasteiger partial charge >= 0.3 is 5.97 Å². The lowest BCUT2D eigenvalue weighted by molar-refractivity contribution is 0.0593. The highest BCUT2D eigenvalue weighted by molar-refractivity contribution is 9.08. The molecule has 0 unspecified atom stereocenters. The molecule has 1 heterocycles. The van der Waals surface area contributed by atoms with Crippen LogP contribution in [0.15, 0.2) is 35.1 Å². The molecule has 16 heavy (non-hydrogen) atoms. The molecule has 0 aliphatic heterocycles. The van der Waals surface area contributed by atoms with Gasteiger partial charge in [-0.2, -0.15) is 0 Å². The van der Waals surface area contributed by atoms with Crippen LogP contribution in [0.25, 0.3) is 10.8 Å². The number of pyridine rings is 1. The second kappa shape index (κ2) is 4.09. The molecule has 0 N–H and O–H groups in total. The average molecular weight is 282 g/mol. The van der Waals surface area contributed by atoms with Crippen molar-refractivity contribution >= 4 is 32.9 Å². The Morgan fingerprint density at radius 1 is 1.38 bits per heavy atom. The lowest BCUT2D eigenvalue weighted by Gasteiger charge is -2.05. The number of esters is 1. The molecule has 0 bridgehead atoms. The van der Waals surface area contributed by atoms with E-state index in [1.54, 1.807) is 30.3 Å². The smallest absolute Gasteiger partial charge is 0.355 e. The predicted octanol–water partition coefficient (Wildman–Crippen LogP) is 1.95. The maximum Gasteiger partial charge on any atom is 0.355 e. The van der Waals surface area contributed by atoms with Gasteiger partial charge in [0.25, 0.3) is 5.56 Å². The van der Waals surface area contributed by atoms with E-state index in [-0.39, 0.29) is 11.3 Å². The fourth-order valence-electron chi connectivity index (χ4n) is 1.48. The van der Waals surface area contributed by atoms with Crippen LogP contribution in [0, 0.1) is 0 Å². The van der Waals surface area contributed by atoms with Gasteiger partial charge < -0.3 is 4.74 Å². The Bertz CT molecular complexity index is 618. The average Bonchev–Trinajstić information content (AvgIpc) is 2.33. The summed E-state index contributed by atoms with van der Waals surface area (Å²) in [6.07, 6.45) is 0. The van der Waals surface area contributed by atoms with E-state index in [4.69, 9.17) is 0 Å². The largest absolute Gasteiger partial charge is 0.464 e. The first kappa shape index (κ1) is 10.9. The zero-order valence-electron chi connectivity index (χ0n) is 8.44. The summed E-state index contributed by atoms with van der Waals surface area (Å²) in [6.45, 7) is 0. The SMILES string of the molecule is COC(=O)c1cc2ccccc2c(=O)n1Br. The van der Waals surface area contributed by atoms with Crippen LogP contribution in [0.4, 0.5) is 0 Å². The molecule has 2 aromatic rings. The van der Waals surface area contributed by atoms with E-state index < -0.39 is 5.97 Å². The minimum Gasteiger partial charge on any atom is -0.464 e. The lowest BCUT2D eigenvalue weighted by Crippen LogP contribution is -2.20. The van der Waals surface area contributed by atoms with Crippen LogP contribution in [0.5, 0.6) is 0 Å². The molecule has 4 nitrogen and oxygen atoms in total. The third-order valence-electron chi connectivity index (χ3n) is 2.27. The maximum atomic E-state index is 11.9. The van der Waals surface area contributed by atoms with Gasteiger partial charge in [-0.25, -0.2) is 8.39 Å². The second-order valence-electron chi connectivity index (χ2n) is 3.19. The summed E-state index contributed by atoms with van der Waals surface area (Å²) in [5, 5.41) is 1.26. The van der Waals surface area contributed by atoms with Gasteiger partial charge in [0, 0.05) is 5.39 Å². The maximum absolute atomic E-state index is 11.9. The normalized spacial score (nSPS) is 10.4. The molecular formula is C11H8BrNO3. The molecule has 0 aliphatic rings. The van der Waals surface area contributed by atoms with Gasteiger partial charge in [0.05, 0.1) is 23.3 Å². The molecule has 0 aliphatic carbocycles. The fraction of sp³-hybridized carbons (Fsp3) is 0.0909. The monoisotopic (exact) mass is 281 g/mol. The number of ether oxygens (including phenoxy) is 1. The van der Waals surface area contributed by atoms with Gasteiger partial charge in [0.15, 0.2) is 0 Å². The van der Waals surface area contributed by atoms with E-state index in [2.05, 4.69) is 20.9 Å². The molecule has 0 fully saturated rings. The molecule has 0 saturated heterocycles. The number of hydrogen-bond donors (Lipinski definition) is 0. The summed E-state index contributed by atoms with van der Waals surface area (Å²) < 4.78 is 5.70. The molecule has 82 valence electrons. The van der Waals surface area contributed by atoms with E-state index in [0.29, 0.717) is 10.8 Å². The Balaban J connectivity index is 2.84. The molecule has 2 rings (SSSR count). The van der Waals surface area contributed by atoms with Crippen molar-refractivity contribution in [3.05, 3.63) is 46.4 Å². The van der Waals surface area contributed by atoms with E-state index in [9.17, 15) is 9.59 Å². The van der Waals surface area contributed by atoms with Crippen LogP contribution in [0.2, 0.25) is 0 Å². The number of carbonyl (C=O) groups is 1. The van der Waals surface area contributed by atoms with E-state index in [0.717, 1.165) is 3.59 Å². The number of hydrogen-bond acceptors (Lipinski definition) is 3. The Morgan fingerprint density at radius 3 is 2.75 bits per heavy atom. The number of methoxy groups -OCH3 is 1. The molecular weight excluding hydrogens is 274 g/mol. The summed E-state index contributed by atoms with van der Waals surface area (Å²) in [6, 6.07) is 8.67. The lowest BCUT2D eigenvalue weighted by atomic mass is 10.1. The number of rotatable bonds is 1. The third kappa shape index (κ3) is 1.63. The number of fused-ring (bicyclic) bond motifs is 1. The minimum atomic E-state index is -0.556. The van der Waals surface area contributed by atoms with Crippen LogP contribution in [0.1, 0.15) is 10.5 Å². The summed E-state index contributed by atoms with van der Waals surface area (Å²) in [7, 11) is 1.27. The Labute approximate surface area is 99.8 Å². The highest BCUT2D eigenvalue weighted by Crippen LogP contribution is 2.13. The highest BCUT2D eigenvalue weighted by Gasteiger charge is 2.13. The Hall–Kier alpha value is -1.62. The van der Waals surface area contributed by atoms with Gasteiger partial charge in [0.1, 0.15) is 5.69 Å². The van der Waals surface area contributed by atoms with Crippen molar-refractivity contribution in [2.45, 2.75) is 0 Å². The number of benzene rings is 1. The number of aromatic nitrogens is 1. The van der Waals surface area contributed by atoms with Crippen LogP contribution >= 0.6 is 16.1 Å². The zero-order valence-corrected chi connectivity index (χ0v) is 10.0. The first-order valence-corrected chi connectivity index (χ1v) is 5.25. The standard InChI is InChI=1S/C11H8BrNO3/c1-16-11(15)9-6-7-4-2-3-5-8(7)10(14)13(9)12/h2-6H,1H3. The Morgan fingerprint density at radius 2 is 2.06 bits per heavy atom. The minimum absolute atomic E-state index is 0.172. The molecule has 0 spiro atoms. The predicted molar refractivity (Wildman–Crippen MR) is 63.9 cm³/mol. The summed E-state index contributed by atoms with van der Waals surface area (Å²) in [5.74, 6) is -0.556.